The Morgan fingerprint density at radius 2 is 1.94 bits per heavy atom. The number of nitrogens with one attached hydrogen (secondary N) is 1. The normalized spacial score (nSPS) is 13.4. The van der Waals surface area contributed by atoms with Crippen molar-refractivity contribution in [2.45, 2.75) is 32.7 Å². The fourth-order valence-corrected chi connectivity index (χ4v) is 4.05. The number of benzene rings is 2. The van der Waals surface area contributed by atoms with Crippen LogP contribution in [0, 0.1) is 6.92 Å². The van der Waals surface area contributed by atoms with Gasteiger partial charge in [-0.3, -0.25) is 14.2 Å². The summed E-state index contributed by atoms with van der Waals surface area (Å²) in [5, 5.41) is 3.46. The van der Waals surface area contributed by atoms with Crippen LogP contribution >= 0.6 is 0 Å². The number of carbonyl (C=O) groups is 2. The van der Waals surface area contributed by atoms with Gasteiger partial charge in [-0.1, -0.05) is 12.1 Å². The smallest absolute Gasteiger partial charge is 0.337 e. The Balaban J connectivity index is 1.52. The molecule has 8 heteroatoms. The number of rotatable bonds is 6. The number of nitrogens with zero attached hydrogens (tertiary/aromatic N) is 3. The number of aryl methyl sites for hydroxylation is 2. The first kappa shape index (κ1) is 21.5. The molecule has 32 heavy (non-hydrogen) atoms. The Morgan fingerprint density at radius 1 is 1.16 bits per heavy atom. The topological polar surface area (TPSA) is 93.5 Å². The Labute approximate surface area is 185 Å². The van der Waals surface area contributed by atoms with Gasteiger partial charge in [0.1, 0.15) is 0 Å². The first-order chi connectivity index (χ1) is 15.5. The molecule has 0 atom stereocenters. The molecule has 166 valence electrons. The van der Waals surface area contributed by atoms with Gasteiger partial charge in [-0.05, 0) is 49.6 Å². The van der Waals surface area contributed by atoms with Gasteiger partial charge in [0.15, 0.2) is 0 Å². The highest BCUT2D eigenvalue weighted by Crippen LogP contribution is 2.30. The molecule has 0 radical (unpaired) electrons. The van der Waals surface area contributed by atoms with Gasteiger partial charge >= 0.3 is 5.97 Å². The van der Waals surface area contributed by atoms with Gasteiger partial charge < -0.3 is 15.0 Å². The third kappa shape index (κ3) is 4.34. The maximum Gasteiger partial charge on any atom is 0.337 e. The van der Waals surface area contributed by atoms with Crippen LogP contribution in [0.25, 0.3) is 10.9 Å². The van der Waals surface area contributed by atoms with Crippen molar-refractivity contribution in [1.29, 1.82) is 0 Å². The zero-order valence-electron chi connectivity index (χ0n) is 18.3. The van der Waals surface area contributed by atoms with Gasteiger partial charge in [0.05, 0.1) is 41.3 Å². The molecule has 4 rings (SSSR count). The number of carbonyl (C=O) groups excluding carboxylic acids is 2. The van der Waals surface area contributed by atoms with Crippen LogP contribution < -0.4 is 15.8 Å². The van der Waals surface area contributed by atoms with Crippen LogP contribution in [-0.2, 0) is 16.1 Å². The lowest BCUT2D eigenvalue weighted by atomic mass is 10.1. The minimum atomic E-state index is -0.461. The summed E-state index contributed by atoms with van der Waals surface area (Å²) in [7, 11) is 1.33. The molecule has 2 aromatic carbocycles. The van der Waals surface area contributed by atoms with E-state index in [0.717, 1.165) is 37.2 Å². The van der Waals surface area contributed by atoms with E-state index in [4.69, 9.17) is 4.74 Å². The lowest BCUT2D eigenvalue weighted by Gasteiger charge is -2.22. The van der Waals surface area contributed by atoms with Crippen LogP contribution in [0.2, 0.25) is 0 Å². The highest BCUT2D eigenvalue weighted by Gasteiger charge is 2.19. The number of aromatic nitrogens is 2. The molecule has 1 aliphatic rings. The standard InChI is InChI=1S/C24H26N4O4/c1-16-6-5-7-18-22(16)25-15-28(23(18)30)13-10-21(29)26-19-14-17(24(31)32-2)8-9-20(19)27-11-3-4-12-27/h5-9,14-15H,3-4,10-13H2,1-2H3,(H,26,29). The van der Waals surface area contributed by atoms with Crippen molar-refractivity contribution in [2.24, 2.45) is 0 Å². The number of para-hydroxylation sites is 1. The monoisotopic (exact) mass is 434 g/mol. The molecule has 1 N–H and O–H groups in total. The van der Waals surface area contributed by atoms with Crippen LogP contribution in [0.1, 0.15) is 35.2 Å². The third-order valence-corrected chi connectivity index (χ3v) is 5.77. The molecule has 0 spiro atoms. The van der Waals surface area contributed by atoms with Crippen molar-refractivity contribution >= 4 is 34.2 Å². The lowest BCUT2D eigenvalue weighted by molar-refractivity contribution is -0.116. The second-order valence-corrected chi connectivity index (χ2v) is 7.93. The second kappa shape index (κ2) is 9.21. The van der Waals surface area contributed by atoms with Crippen LogP contribution in [-0.4, -0.2) is 41.6 Å². The SMILES string of the molecule is COC(=O)c1ccc(N2CCCC2)c(NC(=O)CCn2cnc3c(C)cccc3c2=O)c1. The molecule has 0 saturated carbocycles. The van der Waals surface area contributed by atoms with Gasteiger partial charge in [0.2, 0.25) is 5.91 Å². The van der Waals surface area contributed by atoms with Gasteiger partial charge in [-0.25, -0.2) is 9.78 Å². The van der Waals surface area contributed by atoms with Gasteiger partial charge in [0, 0.05) is 26.1 Å². The number of ether oxygens (including phenoxy) is 1. The van der Waals surface area contributed by atoms with Crippen molar-refractivity contribution < 1.29 is 14.3 Å². The van der Waals surface area contributed by atoms with Crippen LogP contribution in [0.4, 0.5) is 11.4 Å². The molecule has 1 aliphatic heterocycles. The molecule has 1 aromatic heterocycles. The summed E-state index contributed by atoms with van der Waals surface area (Å²) in [6.07, 6.45) is 3.76. The predicted molar refractivity (Wildman–Crippen MR) is 123 cm³/mol. The fraction of sp³-hybridized carbons (Fsp3) is 0.333. The highest BCUT2D eigenvalue weighted by atomic mass is 16.5. The Hall–Kier alpha value is -3.68. The van der Waals surface area contributed by atoms with Crippen molar-refractivity contribution in [2.75, 3.05) is 30.4 Å². The summed E-state index contributed by atoms with van der Waals surface area (Å²) in [6, 6.07) is 10.7. The lowest BCUT2D eigenvalue weighted by Crippen LogP contribution is -2.25. The first-order valence-corrected chi connectivity index (χ1v) is 10.7. The van der Waals surface area contributed by atoms with E-state index in [2.05, 4.69) is 15.2 Å². The summed E-state index contributed by atoms with van der Waals surface area (Å²) in [5.41, 5.74) is 3.26. The predicted octanol–water partition coefficient (Wildman–Crippen LogP) is 3.12. The summed E-state index contributed by atoms with van der Waals surface area (Å²) in [6.45, 7) is 3.92. The molecule has 1 fully saturated rings. The molecule has 0 aliphatic carbocycles. The van der Waals surface area contributed by atoms with Crippen molar-refractivity contribution in [3.63, 3.8) is 0 Å². The Morgan fingerprint density at radius 3 is 2.69 bits per heavy atom. The van der Waals surface area contributed by atoms with Crippen molar-refractivity contribution in [3.8, 4) is 0 Å². The van der Waals surface area contributed by atoms with Crippen molar-refractivity contribution in [1.82, 2.24) is 9.55 Å². The molecule has 1 amide bonds. The molecular formula is C24H26N4O4. The second-order valence-electron chi connectivity index (χ2n) is 7.93. The van der Waals surface area contributed by atoms with E-state index in [0.29, 0.717) is 22.2 Å². The number of esters is 1. The Kier molecular flexibility index (Phi) is 6.20. The molecule has 8 nitrogen and oxygen atoms in total. The zero-order chi connectivity index (χ0) is 22.7. The van der Waals surface area contributed by atoms with E-state index in [1.165, 1.54) is 18.0 Å². The van der Waals surface area contributed by atoms with Gasteiger partial charge in [0.25, 0.3) is 5.56 Å². The number of fused-ring (bicyclic) bond motifs is 1. The van der Waals surface area contributed by atoms with E-state index in [1.54, 1.807) is 18.2 Å². The molecule has 0 bridgehead atoms. The average Bonchev–Trinajstić information content (AvgIpc) is 3.33. The van der Waals surface area contributed by atoms with Gasteiger partial charge in [-0.2, -0.15) is 0 Å². The Bertz CT molecular complexity index is 1230. The molecular weight excluding hydrogens is 408 g/mol. The quantitative estimate of drug-likeness (QED) is 0.599. The maximum absolute atomic E-state index is 12.8. The van der Waals surface area contributed by atoms with E-state index < -0.39 is 5.97 Å². The zero-order valence-corrected chi connectivity index (χ0v) is 18.3. The van der Waals surface area contributed by atoms with E-state index >= 15 is 0 Å². The summed E-state index contributed by atoms with van der Waals surface area (Å²) < 4.78 is 6.27. The first-order valence-electron chi connectivity index (χ1n) is 10.7. The largest absolute Gasteiger partial charge is 0.465 e. The number of anilines is 2. The van der Waals surface area contributed by atoms with Crippen molar-refractivity contribution in [3.05, 3.63) is 64.2 Å². The van der Waals surface area contributed by atoms with Crippen LogP contribution in [0.3, 0.4) is 0 Å². The fourth-order valence-electron chi connectivity index (χ4n) is 4.05. The van der Waals surface area contributed by atoms with Crippen LogP contribution in [0.15, 0.2) is 47.5 Å². The van der Waals surface area contributed by atoms with Crippen LogP contribution in [0.5, 0.6) is 0 Å². The molecule has 3 aromatic rings. The maximum atomic E-state index is 12.8. The number of amides is 1. The number of methoxy groups -OCH3 is 1. The number of hydrogen-bond donors (Lipinski definition) is 1. The minimum absolute atomic E-state index is 0.0980. The highest BCUT2D eigenvalue weighted by molar-refractivity contribution is 5.98. The van der Waals surface area contributed by atoms with E-state index in [-0.39, 0.29) is 24.4 Å². The van der Waals surface area contributed by atoms with E-state index in [9.17, 15) is 14.4 Å². The number of hydrogen-bond acceptors (Lipinski definition) is 6. The molecule has 2 heterocycles. The molecule has 0 unspecified atom stereocenters. The minimum Gasteiger partial charge on any atom is -0.465 e. The summed E-state index contributed by atoms with van der Waals surface area (Å²) >= 11 is 0. The summed E-state index contributed by atoms with van der Waals surface area (Å²) in [4.78, 5) is 44.1. The summed E-state index contributed by atoms with van der Waals surface area (Å²) in [5.74, 6) is -0.707. The molecule has 1 saturated heterocycles. The third-order valence-electron chi connectivity index (χ3n) is 5.77. The van der Waals surface area contributed by atoms with E-state index in [1.807, 2.05) is 25.1 Å². The average molecular weight is 434 g/mol. The van der Waals surface area contributed by atoms with Gasteiger partial charge in [-0.15, -0.1) is 0 Å².